The third-order valence-electron chi connectivity index (χ3n) is 3.87. The van der Waals surface area contributed by atoms with Crippen molar-refractivity contribution >= 4 is 22.0 Å². The summed E-state index contributed by atoms with van der Waals surface area (Å²) in [5.74, 6) is -3.33. The summed E-state index contributed by atoms with van der Waals surface area (Å²) in [5.41, 5.74) is 0.628. The van der Waals surface area contributed by atoms with Crippen LogP contribution in [0.25, 0.3) is 11.1 Å². The molecule has 0 spiro atoms. The predicted molar refractivity (Wildman–Crippen MR) is 101 cm³/mol. The lowest BCUT2D eigenvalue weighted by molar-refractivity contribution is -0.145. The standard InChI is InChI=1S/C19H20FNO6S/c1-2-27-19(23)16(11-12-28(24,25)26)21-18(22)17-14(9-6-10-15(17)20)13-7-4-3-5-8-13/h3-10,16H,2,11-12H2,1H3,(H,21,22)(H,24,25,26)/t16-/m0/s1. The number of benzene rings is 2. The molecule has 9 heteroatoms. The van der Waals surface area contributed by atoms with E-state index in [2.05, 4.69) is 5.32 Å². The average molecular weight is 409 g/mol. The Morgan fingerprint density at radius 1 is 1.14 bits per heavy atom. The molecule has 0 heterocycles. The van der Waals surface area contributed by atoms with Gasteiger partial charge in [-0.3, -0.25) is 9.35 Å². The van der Waals surface area contributed by atoms with Crippen LogP contribution in [0.5, 0.6) is 0 Å². The minimum atomic E-state index is -4.36. The van der Waals surface area contributed by atoms with Crippen LogP contribution >= 0.6 is 0 Å². The topological polar surface area (TPSA) is 110 Å². The summed E-state index contributed by atoms with van der Waals surface area (Å²) in [5, 5.41) is 2.31. The molecule has 1 atom stereocenters. The van der Waals surface area contributed by atoms with E-state index >= 15 is 0 Å². The Balaban J connectivity index is 2.34. The molecule has 0 radical (unpaired) electrons. The molecule has 0 aliphatic rings. The first-order chi connectivity index (χ1) is 13.2. The van der Waals surface area contributed by atoms with Gasteiger partial charge in [0, 0.05) is 0 Å². The van der Waals surface area contributed by atoms with Gasteiger partial charge in [0.05, 0.1) is 17.9 Å². The zero-order valence-corrected chi connectivity index (χ0v) is 15.9. The van der Waals surface area contributed by atoms with E-state index in [0.29, 0.717) is 11.1 Å². The lowest BCUT2D eigenvalue weighted by atomic mass is 9.98. The van der Waals surface area contributed by atoms with E-state index in [1.165, 1.54) is 6.07 Å². The normalized spacial score (nSPS) is 12.2. The van der Waals surface area contributed by atoms with Gasteiger partial charge in [0.15, 0.2) is 0 Å². The van der Waals surface area contributed by atoms with Crippen LogP contribution in [0.3, 0.4) is 0 Å². The van der Waals surface area contributed by atoms with E-state index in [9.17, 15) is 22.4 Å². The maximum absolute atomic E-state index is 14.4. The van der Waals surface area contributed by atoms with Gasteiger partial charge in [-0.05, 0) is 30.5 Å². The van der Waals surface area contributed by atoms with Gasteiger partial charge in [0.2, 0.25) is 0 Å². The van der Waals surface area contributed by atoms with Gasteiger partial charge < -0.3 is 10.1 Å². The van der Waals surface area contributed by atoms with E-state index in [0.717, 1.165) is 6.07 Å². The lowest BCUT2D eigenvalue weighted by Crippen LogP contribution is -2.43. The Kier molecular flexibility index (Phi) is 7.24. The summed E-state index contributed by atoms with van der Waals surface area (Å²) in [7, 11) is -4.36. The second-order valence-electron chi connectivity index (χ2n) is 5.88. The SMILES string of the molecule is CCOC(=O)[C@H](CCS(=O)(=O)O)NC(=O)c1c(F)cccc1-c1ccccc1. The zero-order valence-electron chi connectivity index (χ0n) is 15.1. The molecule has 150 valence electrons. The Morgan fingerprint density at radius 2 is 1.82 bits per heavy atom. The van der Waals surface area contributed by atoms with Crippen molar-refractivity contribution < 1.29 is 31.7 Å². The quantitative estimate of drug-likeness (QED) is 0.512. The highest BCUT2D eigenvalue weighted by Gasteiger charge is 2.27. The van der Waals surface area contributed by atoms with Crippen molar-refractivity contribution in [2.45, 2.75) is 19.4 Å². The molecular formula is C19H20FNO6S. The molecule has 2 rings (SSSR count). The van der Waals surface area contributed by atoms with Crippen LogP contribution in [0.15, 0.2) is 48.5 Å². The molecule has 2 N–H and O–H groups in total. The van der Waals surface area contributed by atoms with Gasteiger partial charge in [-0.25, -0.2) is 9.18 Å². The number of ether oxygens (including phenoxy) is 1. The third kappa shape index (κ3) is 5.86. The van der Waals surface area contributed by atoms with Crippen LogP contribution in [0.1, 0.15) is 23.7 Å². The lowest BCUT2D eigenvalue weighted by Gasteiger charge is -2.18. The van der Waals surface area contributed by atoms with Crippen molar-refractivity contribution in [2.75, 3.05) is 12.4 Å². The highest BCUT2D eigenvalue weighted by molar-refractivity contribution is 7.85. The van der Waals surface area contributed by atoms with E-state index < -0.39 is 46.0 Å². The number of halogens is 1. The fraction of sp³-hybridized carbons (Fsp3) is 0.263. The van der Waals surface area contributed by atoms with E-state index in [1.54, 1.807) is 43.3 Å². The van der Waals surface area contributed by atoms with Crippen LogP contribution in [-0.4, -0.2) is 43.2 Å². The first-order valence-corrected chi connectivity index (χ1v) is 10.1. The van der Waals surface area contributed by atoms with E-state index in [4.69, 9.17) is 9.29 Å². The molecule has 0 aliphatic carbocycles. The number of carbonyl (C=O) groups is 2. The molecular weight excluding hydrogens is 389 g/mol. The molecule has 0 saturated carbocycles. The molecule has 0 unspecified atom stereocenters. The molecule has 0 fully saturated rings. The monoisotopic (exact) mass is 409 g/mol. The number of rotatable bonds is 8. The Labute approximate surface area is 162 Å². The summed E-state index contributed by atoms with van der Waals surface area (Å²) >= 11 is 0. The molecule has 2 aromatic rings. The van der Waals surface area contributed by atoms with E-state index in [1.807, 2.05) is 0 Å². The van der Waals surface area contributed by atoms with Crippen molar-refractivity contribution in [3.05, 3.63) is 59.9 Å². The van der Waals surface area contributed by atoms with Crippen molar-refractivity contribution in [3.63, 3.8) is 0 Å². The number of esters is 1. The fourth-order valence-corrected chi connectivity index (χ4v) is 3.14. The Bertz CT molecular complexity index is 946. The van der Waals surface area contributed by atoms with Gasteiger partial charge in [-0.2, -0.15) is 8.42 Å². The largest absolute Gasteiger partial charge is 0.464 e. The molecule has 2 aromatic carbocycles. The van der Waals surface area contributed by atoms with Crippen molar-refractivity contribution in [2.24, 2.45) is 0 Å². The molecule has 1 amide bonds. The maximum atomic E-state index is 14.4. The molecule has 0 bridgehead atoms. The first-order valence-electron chi connectivity index (χ1n) is 8.49. The van der Waals surface area contributed by atoms with Gasteiger partial charge >= 0.3 is 5.97 Å². The van der Waals surface area contributed by atoms with Crippen LogP contribution in [0, 0.1) is 5.82 Å². The Hall–Kier alpha value is -2.78. The molecule has 0 aliphatic heterocycles. The van der Waals surface area contributed by atoms with Crippen molar-refractivity contribution in [1.29, 1.82) is 0 Å². The molecule has 7 nitrogen and oxygen atoms in total. The molecule has 0 saturated heterocycles. The number of carbonyl (C=O) groups excluding carboxylic acids is 2. The highest BCUT2D eigenvalue weighted by atomic mass is 32.2. The zero-order chi connectivity index (χ0) is 20.7. The van der Waals surface area contributed by atoms with E-state index in [-0.39, 0.29) is 12.2 Å². The summed E-state index contributed by atoms with van der Waals surface area (Å²) in [6, 6.07) is 11.4. The number of nitrogens with one attached hydrogen (secondary N) is 1. The minimum absolute atomic E-state index is 0.00599. The summed E-state index contributed by atoms with van der Waals surface area (Å²) in [4.78, 5) is 24.8. The smallest absolute Gasteiger partial charge is 0.328 e. The predicted octanol–water partition coefficient (Wildman–Crippen LogP) is 2.43. The summed E-state index contributed by atoms with van der Waals surface area (Å²) in [6.45, 7) is 1.55. The second kappa shape index (κ2) is 9.43. The maximum Gasteiger partial charge on any atom is 0.328 e. The third-order valence-corrected chi connectivity index (χ3v) is 4.62. The van der Waals surface area contributed by atoms with Crippen LogP contribution in [0.2, 0.25) is 0 Å². The van der Waals surface area contributed by atoms with Gasteiger partial charge in [0.25, 0.3) is 16.0 Å². The van der Waals surface area contributed by atoms with Crippen molar-refractivity contribution in [1.82, 2.24) is 5.32 Å². The summed E-state index contributed by atoms with van der Waals surface area (Å²) < 4.78 is 50.2. The average Bonchev–Trinajstić information content (AvgIpc) is 2.64. The van der Waals surface area contributed by atoms with Crippen molar-refractivity contribution in [3.8, 4) is 11.1 Å². The Morgan fingerprint density at radius 3 is 2.43 bits per heavy atom. The van der Waals surface area contributed by atoms with Crippen LogP contribution < -0.4 is 5.32 Å². The first kappa shape index (κ1) is 21.5. The fourth-order valence-electron chi connectivity index (χ4n) is 2.60. The van der Waals surface area contributed by atoms with Gasteiger partial charge in [0.1, 0.15) is 11.9 Å². The number of hydrogen-bond donors (Lipinski definition) is 2. The highest BCUT2D eigenvalue weighted by Crippen LogP contribution is 2.25. The number of hydrogen-bond acceptors (Lipinski definition) is 5. The van der Waals surface area contributed by atoms with Crippen LogP contribution in [0.4, 0.5) is 4.39 Å². The number of amides is 1. The van der Waals surface area contributed by atoms with Gasteiger partial charge in [-0.1, -0.05) is 42.5 Å². The summed E-state index contributed by atoms with van der Waals surface area (Å²) in [6.07, 6.45) is -0.418. The van der Waals surface area contributed by atoms with Gasteiger partial charge in [-0.15, -0.1) is 0 Å². The minimum Gasteiger partial charge on any atom is -0.464 e. The molecule has 28 heavy (non-hydrogen) atoms. The molecule has 0 aromatic heterocycles. The van der Waals surface area contributed by atoms with Crippen LogP contribution in [-0.2, 0) is 19.6 Å². The second-order valence-corrected chi connectivity index (χ2v) is 7.45.